The van der Waals surface area contributed by atoms with Crippen LogP contribution in [0.3, 0.4) is 0 Å². The summed E-state index contributed by atoms with van der Waals surface area (Å²) in [5.74, 6) is 0. The Kier molecular flexibility index (Phi) is 4.18. The Hall–Kier alpha value is -1.32. The van der Waals surface area contributed by atoms with Crippen LogP contribution in [0.1, 0.15) is 11.1 Å². The Morgan fingerprint density at radius 3 is 2.47 bits per heavy atom. The van der Waals surface area contributed by atoms with Gasteiger partial charge >= 0.3 is 0 Å². The SMILES string of the molecule is CN(Cc1ccsc1)c1ccc(CCN)cc1. The van der Waals surface area contributed by atoms with E-state index in [0.29, 0.717) is 6.54 Å². The van der Waals surface area contributed by atoms with Crippen LogP contribution in [0, 0.1) is 0 Å². The standard InChI is InChI=1S/C14H18N2S/c1-16(10-13-7-9-17-11-13)14-4-2-12(3-5-14)6-8-15/h2-5,7,9,11H,6,8,10,15H2,1H3. The Morgan fingerprint density at radius 1 is 1.12 bits per heavy atom. The molecule has 0 aliphatic heterocycles. The van der Waals surface area contributed by atoms with Crippen LogP contribution < -0.4 is 10.6 Å². The molecular formula is C14H18N2S. The zero-order valence-corrected chi connectivity index (χ0v) is 10.9. The van der Waals surface area contributed by atoms with Gasteiger partial charge in [-0.05, 0) is 53.1 Å². The van der Waals surface area contributed by atoms with E-state index in [1.165, 1.54) is 16.8 Å². The number of hydrogen-bond acceptors (Lipinski definition) is 3. The van der Waals surface area contributed by atoms with Crippen molar-refractivity contribution in [2.45, 2.75) is 13.0 Å². The second kappa shape index (κ2) is 5.84. The van der Waals surface area contributed by atoms with Crippen molar-refractivity contribution in [1.82, 2.24) is 0 Å². The highest BCUT2D eigenvalue weighted by Gasteiger charge is 2.02. The van der Waals surface area contributed by atoms with E-state index in [2.05, 4.69) is 53.0 Å². The van der Waals surface area contributed by atoms with Gasteiger partial charge in [-0.2, -0.15) is 11.3 Å². The molecule has 0 amide bonds. The number of benzene rings is 1. The van der Waals surface area contributed by atoms with Gasteiger partial charge in [-0.15, -0.1) is 0 Å². The zero-order chi connectivity index (χ0) is 12.1. The molecule has 0 saturated carbocycles. The molecular weight excluding hydrogens is 228 g/mol. The second-order valence-corrected chi connectivity index (χ2v) is 4.97. The average Bonchev–Trinajstić information content (AvgIpc) is 2.83. The van der Waals surface area contributed by atoms with Crippen LogP contribution >= 0.6 is 11.3 Å². The van der Waals surface area contributed by atoms with Crippen LogP contribution in [-0.2, 0) is 13.0 Å². The Balaban J connectivity index is 2.01. The van der Waals surface area contributed by atoms with E-state index in [1.807, 2.05) is 0 Å². The molecule has 2 nitrogen and oxygen atoms in total. The molecule has 0 spiro atoms. The van der Waals surface area contributed by atoms with Crippen LogP contribution in [0.2, 0.25) is 0 Å². The Bertz CT molecular complexity index is 434. The molecule has 0 aliphatic carbocycles. The molecule has 0 bridgehead atoms. The normalized spacial score (nSPS) is 10.5. The highest BCUT2D eigenvalue weighted by molar-refractivity contribution is 7.07. The highest BCUT2D eigenvalue weighted by atomic mass is 32.1. The molecule has 2 N–H and O–H groups in total. The first-order chi connectivity index (χ1) is 8.29. The molecule has 0 saturated heterocycles. The van der Waals surface area contributed by atoms with Crippen molar-refractivity contribution >= 4 is 17.0 Å². The lowest BCUT2D eigenvalue weighted by molar-refractivity contribution is 0.923. The van der Waals surface area contributed by atoms with Crippen LogP contribution in [-0.4, -0.2) is 13.6 Å². The average molecular weight is 246 g/mol. The molecule has 1 heterocycles. The van der Waals surface area contributed by atoms with Crippen LogP contribution in [0.25, 0.3) is 0 Å². The number of hydrogen-bond donors (Lipinski definition) is 1. The maximum Gasteiger partial charge on any atom is 0.0434 e. The number of anilines is 1. The minimum atomic E-state index is 0.712. The summed E-state index contributed by atoms with van der Waals surface area (Å²) in [6.45, 7) is 1.67. The quantitative estimate of drug-likeness (QED) is 0.879. The van der Waals surface area contributed by atoms with E-state index in [1.54, 1.807) is 11.3 Å². The fourth-order valence-corrected chi connectivity index (χ4v) is 2.49. The molecule has 1 aromatic carbocycles. The minimum absolute atomic E-state index is 0.712. The van der Waals surface area contributed by atoms with Crippen molar-refractivity contribution in [2.24, 2.45) is 5.73 Å². The first-order valence-corrected chi connectivity index (χ1v) is 6.75. The smallest absolute Gasteiger partial charge is 0.0434 e. The van der Waals surface area contributed by atoms with Crippen LogP contribution in [0.15, 0.2) is 41.1 Å². The van der Waals surface area contributed by atoms with Crippen LogP contribution in [0.5, 0.6) is 0 Å². The molecule has 90 valence electrons. The molecule has 2 rings (SSSR count). The van der Waals surface area contributed by atoms with Gasteiger partial charge in [0.1, 0.15) is 0 Å². The number of nitrogens with zero attached hydrogens (tertiary/aromatic N) is 1. The number of nitrogens with two attached hydrogens (primary N) is 1. The van der Waals surface area contributed by atoms with E-state index < -0.39 is 0 Å². The van der Waals surface area contributed by atoms with Gasteiger partial charge in [-0.3, -0.25) is 0 Å². The van der Waals surface area contributed by atoms with Gasteiger partial charge in [0, 0.05) is 19.3 Å². The van der Waals surface area contributed by atoms with E-state index in [-0.39, 0.29) is 0 Å². The van der Waals surface area contributed by atoms with Crippen molar-refractivity contribution in [3.8, 4) is 0 Å². The molecule has 2 aromatic rings. The fraction of sp³-hybridized carbons (Fsp3) is 0.286. The summed E-state index contributed by atoms with van der Waals surface area (Å²) in [6.07, 6.45) is 0.953. The summed E-state index contributed by atoms with van der Waals surface area (Å²) in [4.78, 5) is 2.26. The highest BCUT2D eigenvalue weighted by Crippen LogP contribution is 2.17. The molecule has 3 heteroatoms. The maximum atomic E-state index is 5.54. The number of thiophene rings is 1. The van der Waals surface area contributed by atoms with Gasteiger partial charge in [0.2, 0.25) is 0 Å². The largest absolute Gasteiger partial charge is 0.370 e. The molecule has 0 aliphatic rings. The summed E-state index contributed by atoms with van der Waals surface area (Å²) < 4.78 is 0. The van der Waals surface area contributed by atoms with Gasteiger partial charge in [0.15, 0.2) is 0 Å². The predicted octanol–water partition coefficient (Wildman–Crippen LogP) is 2.89. The van der Waals surface area contributed by atoms with Gasteiger partial charge < -0.3 is 10.6 Å². The first kappa shape index (κ1) is 12.1. The summed E-state index contributed by atoms with van der Waals surface area (Å²) in [6, 6.07) is 10.8. The zero-order valence-electron chi connectivity index (χ0n) is 10.1. The van der Waals surface area contributed by atoms with E-state index in [9.17, 15) is 0 Å². The fourth-order valence-electron chi connectivity index (χ4n) is 1.83. The third kappa shape index (κ3) is 3.32. The Morgan fingerprint density at radius 2 is 1.88 bits per heavy atom. The molecule has 0 radical (unpaired) electrons. The summed E-state index contributed by atoms with van der Waals surface area (Å²) in [7, 11) is 2.12. The monoisotopic (exact) mass is 246 g/mol. The van der Waals surface area contributed by atoms with Gasteiger partial charge in [0.25, 0.3) is 0 Å². The third-order valence-corrected chi connectivity index (χ3v) is 3.54. The van der Waals surface area contributed by atoms with Crippen molar-refractivity contribution in [3.05, 3.63) is 52.2 Å². The summed E-state index contributed by atoms with van der Waals surface area (Å²) in [5, 5.41) is 4.31. The molecule has 1 aromatic heterocycles. The van der Waals surface area contributed by atoms with Crippen molar-refractivity contribution in [3.63, 3.8) is 0 Å². The van der Waals surface area contributed by atoms with Crippen molar-refractivity contribution in [2.75, 3.05) is 18.5 Å². The van der Waals surface area contributed by atoms with Crippen molar-refractivity contribution in [1.29, 1.82) is 0 Å². The van der Waals surface area contributed by atoms with Crippen LogP contribution in [0.4, 0.5) is 5.69 Å². The summed E-state index contributed by atoms with van der Waals surface area (Å²) >= 11 is 1.75. The molecule has 17 heavy (non-hydrogen) atoms. The lowest BCUT2D eigenvalue weighted by atomic mass is 10.1. The molecule has 0 fully saturated rings. The van der Waals surface area contributed by atoms with E-state index >= 15 is 0 Å². The maximum absolute atomic E-state index is 5.54. The van der Waals surface area contributed by atoms with Gasteiger partial charge in [-0.1, -0.05) is 12.1 Å². The number of rotatable bonds is 5. The molecule has 0 atom stereocenters. The lowest BCUT2D eigenvalue weighted by Crippen LogP contribution is -2.15. The second-order valence-electron chi connectivity index (χ2n) is 4.19. The van der Waals surface area contributed by atoms with Crippen molar-refractivity contribution < 1.29 is 0 Å². The minimum Gasteiger partial charge on any atom is -0.370 e. The Labute approximate surface area is 107 Å². The van der Waals surface area contributed by atoms with E-state index in [0.717, 1.165) is 13.0 Å². The first-order valence-electron chi connectivity index (χ1n) is 5.81. The predicted molar refractivity (Wildman–Crippen MR) is 75.6 cm³/mol. The van der Waals surface area contributed by atoms with E-state index in [4.69, 9.17) is 5.73 Å². The molecule has 0 unspecified atom stereocenters. The summed E-state index contributed by atoms with van der Waals surface area (Å²) in [5.41, 5.74) is 9.46. The van der Waals surface area contributed by atoms with Gasteiger partial charge in [-0.25, -0.2) is 0 Å². The van der Waals surface area contributed by atoms with Gasteiger partial charge in [0.05, 0.1) is 0 Å². The lowest BCUT2D eigenvalue weighted by Gasteiger charge is -2.19. The third-order valence-electron chi connectivity index (χ3n) is 2.81. The topological polar surface area (TPSA) is 29.3 Å².